The van der Waals surface area contributed by atoms with Crippen LogP contribution in [0.2, 0.25) is 0 Å². The van der Waals surface area contributed by atoms with Gasteiger partial charge < -0.3 is 9.57 Å². The van der Waals surface area contributed by atoms with E-state index in [4.69, 9.17) is 9.57 Å². The van der Waals surface area contributed by atoms with E-state index in [1.807, 2.05) is 42.5 Å². The third-order valence-corrected chi connectivity index (χ3v) is 3.63. The van der Waals surface area contributed by atoms with Gasteiger partial charge in [-0.3, -0.25) is 0 Å². The van der Waals surface area contributed by atoms with E-state index in [0.29, 0.717) is 0 Å². The molecule has 0 unspecified atom stereocenters. The molecule has 0 aromatic heterocycles. The van der Waals surface area contributed by atoms with Crippen molar-refractivity contribution in [1.29, 1.82) is 0 Å². The fourth-order valence-corrected chi connectivity index (χ4v) is 2.56. The lowest BCUT2D eigenvalue weighted by Gasteiger charge is -2.16. The van der Waals surface area contributed by atoms with Crippen molar-refractivity contribution >= 4 is 5.71 Å². The summed E-state index contributed by atoms with van der Waals surface area (Å²) in [4.78, 5) is 5.50. The van der Waals surface area contributed by atoms with Gasteiger partial charge in [-0.25, -0.2) is 0 Å². The number of hydrogen-bond acceptors (Lipinski definition) is 3. The molecule has 2 atom stereocenters. The summed E-state index contributed by atoms with van der Waals surface area (Å²) in [5, 5.41) is 4.28. The van der Waals surface area contributed by atoms with Gasteiger partial charge in [0.15, 0.2) is 0 Å². The van der Waals surface area contributed by atoms with Crippen LogP contribution in [0, 0.1) is 0 Å². The molecule has 0 amide bonds. The maximum absolute atomic E-state index is 5.50. The van der Waals surface area contributed by atoms with Crippen LogP contribution in [0.4, 0.5) is 0 Å². The van der Waals surface area contributed by atoms with Crippen molar-refractivity contribution in [2.45, 2.75) is 18.9 Å². The van der Waals surface area contributed by atoms with Crippen molar-refractivity contribution in [3.05, 3.63) is 65.7 Å². The minimum atomic E-state index is 0.0505. The quantitative estimate of drug-likeness (QED) is 0.850. The second-order valence-corrected chi connectivity index (χ2v) is 4.90. The van der Waals surface area contributed by atoms with E-state index < -0.39 is 0 Å². The van der Waals surface area contributed by atoms with Crippen LogP contribution < -0.4 is 4.74 Å². The van der Waals surface area contributed by atoms with Crippen LogP contribution in [0.5, 0.6) is 5.75 Å². The monoisotopic (exact) mass is 267 g/mol. The van der Waals surface area contributed by atoms with Gasteiger partial charge in [-0.2, -0.15) is 0 Å². The molecule has 0 saturated carbocycles. The maximum Gasteiger partial charge on any atom is 0.137 e. The predicted octanol–water partition coefficient (Wildman–Crippen LogP) is 3.60. The zero-order chi connectivity index (χ0) is 13.9. The Balaban J connectivity index is 1.95. The molecule has 1 aliphatic rings. The van der Waals surface area contributed by atoms with Gasteiger partial charge in [-0.15, -0.1) is 0 Å². The Hall–Kier alpha value is -2.29. The van der Waals surface area contributed by atoms with Crippen LogP contribution >= 0.6 is 0 Å². The van der Waals surface area contributed by atoms with Crippen molar-refractivity contribution in [2.75, 3.05) is 7.11 Å². The summed E-state index contributed by atoms with van der Waals surface area (Å²) in [7, 11) is 1.67. The normalized spacial score (nSPS) is 21.2. The average Bonchev–Trinajstić information content (AvgIpc) is 2.90. The third-order valence-electron chi connectivity index (χ3n) is 3.63. The summed E-state index contributed by atoms with van der Waals surface area (Å²) in [5.41, 5.74) is 3.28. The number of oxime groups is 1. The Morgan fingerprint density at radius 1 is 1.00 bits per heavy atom. The van der Waals surface area contributed by atoms with Crippen molar-refractivity contribution in [3.8, 4) is 5.75 Å². The van der Waals surface area contributed by atoms with Crippen LogP contribution in [-0.4, -0.2) is 18.9 Å². The molecule has 0 saturated heterocycles. The summed E-state index contributed by atoms with van der Waals surface area (Å²) in [6.45, 7) is 2.05. The molecule has 0 N–H and O–H groups in total. The van der Waals surface area contributed by atoms with E-state index in [9.17, 15) is 0 Å². The molecule has 1 heterocycles. The van der Waals surface area contributed by atoms with Crippen LogP contribution in [0.1, 0.15) is 24.0 Å². The predicted molar refractivity (Wildman–Crippen MR) is 79.3 cm³/mol. The van der Waals surface area contributed by atoms with E-state index in [1.165, 1.54) is 5.56 Å². The molecular formula is C17H17NO2. The molecule has 20 heavy (non-hydrogen) atoms. The lowest BCUT2D eigenvalue weighted by molar-refractivity contribution is 0.0905. The molecule has 2 aromatic carbocycles. The lowest BCUT2D eigenvalue weighted by atomic mass is 9.87. The van der Waals surface area contributed by atoms with Crippen molar-refractivity contribution in [1.82, 2.24) is 0 Å². The van der Waals surface area contributed by atoms with E-state index in [0.717, 1.165) is 17.0 Å². The second kappa shape index (κ2) is 5.37. The number of nitrogens with zero attached hydrogens (tertiary/aromatic N) is 1. The first-order valence-corrected chi connectivity index (χ1v) is 6.72. The Labute approximate surface area is 118 Å². The lowest BCUT2D eigenvalue weighted by Crippen LogP contribution is -2.19. The van der Waals surface area contributed by atoms with Crippen molar-refractivity contribution in [2.24, 2.45) is 5.16 Å². The summed E-state index contributed by atoms with van der Waals surface area (Å²) in [5.74, 6) is 1.02. The summed E-state index contributed by atoms with van der Waals surface area (Å²) in [6, 6.07) is 18.3. The highest BCUT2D eigenvalue weighted by Crippen LogP contribution is 2.32. The van der Waals surface area contributed by atoms with Gasteiger partial charge >= 0.3 is 0 Å². The number of hydrogen-bond donors (Lipinski definition) is 0. The third kappa shape index (κ3) is 2.27. The first kappa shape index (κ1) is 12.7. The number of ether oxygens (including phenoxy) is 1. The highest BCUT2D eigenvalue weighted by atomic mass is 16.6. The highest BCUT2D eigenvalue weighted by molar-refractivity contribution is 6.06. The van der Waals surface area contributed by atoms with Gasteiger partial charge in [-0.1, -0.05) is 35.5 Å². The summed E-state index contributed by atoms with van der Waals surface area (Å²) < 4.78 is 5.19. The fraction of sp³-hybridized carbons (Fsp3) is 0.235. The first-order chi connectivity index (χ1) is 9.79. The van der Waals surface area contributed by atoms with Gasteiger partial charge in [0, 0.05) is 5.56 Å². The Kier molecular flexibility index (Phi) is 3.42. The first-order valence-electron chi connectivity index (χ1n) is 6.72. The van der Waals surface area contributed by atoms with Gasteiger partial charge in [0.2, 0.25) is 0 Å². The summed E-state index contributed by atoms with van der Waals surface area (Å²) in [6.07, 6.45) is 0.0505. The standard InChI is InChI=1S/C17H17NO2/c1-12-16(13-6-4-3-5-7-13)17(18-20-12)14-8-10-15(19-2)11-9-14/h3-12,16H,1-2H3/t12-,16+/m1/s1. The number of rotatable bonds is 3. The molecule has 0 bridgehead atoms. The minimum absolute atomic E-state index is 0.0505. The van der Waals surface area contributed by atoms with E-state index in [-0.39, 0.29) is 12.0 Å². The van der Waals surface area contributed by atoms with E-state index in [2.05, 4.69) is 24.2 Å². The van der Waals surface area contributed by atoms with Crippen molar-refractivity contribution in [3.63, 3.8) is 0 Å². The van der Waals surface area contributed by atoms with E-state index in [1.54, 1.807) is 7.11 Å². The summed E-state index contributed by atoms with van der Waals surface area (Å²) >= 11 is 0. The molecule has 102 valence electrons. The van der Waals surface area contributed by atoms with Crippen LogP contribution in [0.15, 0.2) is 59.8 Å². The fourth-order valence-electron chi connectivity index (χ4n) is 2.56. The molecule has 3 heteroatoms. The van der Waals surface area contributed by atoms with Crippen LogP contribution in [-0.2, 0) is 4.84 Å². The highest BCUT2D eigenvalue weighted by Gasteiger charge is 2.32. The molecule has 0 radical (unpaired) electrons. The minimum Gasteiger partial charge on any atom is -0.497 e. The van der Waals surface area contributed by atoms with Gasteiger partial charge in [-0.05, 0) is 36.8 Å². The molecule has 1 aliphatic heterocycles. The number of benzene rings is 2. The number of methoxy groups -OCH3 is 1. The topological polar surface area (TPSA) is 30.8 Å². The SMILES string of the molecule is COc1ccc(C2=NO[C@H](C)[C@H]2c2ccccc2)cc1. The molecule has 0 fully saturated rings. The molecular weight excluding hydrogens is 250 g/mol. The molecule has 0 spiro atoms. The molecule has 0 aliphatic carbocycles. The smallest absolute Gasteiger partial charge is 0.137 e. The average molecular weight is 267 g/mol. The van der Waals surface area contributed by atoms with Crippen LogP contribution in [0.25, 0.3) is 0 Å². The van der Waals surface area contributed by atoms with Gasteiger partial charge in [0.05, 0.1) is 18.7 Å². The maximum atomic E-state index is 5.50. The van der Waals surface area contributed by atoms with Crippen molar-refractivity contribution < 1.29 is 9.57 Å². The van der Waals surface area contributed by atoms with Crippen LogP contribution in [0.3, 0.4) is 0 Å². The zero-order valence-electron chi connectivity index (χ0n) is 11.6. The Morgan fingerprint density at radius 2 is 1.70 bits per heavy atom. The molecule has 2 aromatic rings. The zero-order valence-corrected chi connectivity index (χ0v) is 11.6. The van der Waals surface area contributed by atoms with E-state index >= 15 is 0 Å². The van der Waals surface area contributed by atoms with Gasteiger partial charge in [0.25, 0.3) is 0 Å². The molecule has 3 rings (SSSR count). The largest absolute Gasteiger partial charge is 0.497 e. The Morgan fingerprint density at radius 3 is 2.35 bits per heavy atom. The van der Waals surface area contributed by atoms with Gasteiger partial charge in [0.1, 0.15) is 11.9 Å². The second-order valence-electron chi connectivity index (χ2n) is 4.90. The molecule has 3 nitrogen and oxygen atoms in total. The Bertz CT molecular complexity index is 605.